The molecule has 3 aromatic rings. The van der Waals surface area contributed by atoms with Crippen molar-refractivity contribution in [3.8, 4) is 16.9 Å². The Kier molecular flexibility index (Phi) is 10.1. The highest BCUT2D eigenvalue weighted by atomic mass is 32.2. The first kappa shape index (κ1) is 33.3. The molecule has 1 saturated heterocycles. The molecule has 2 aromatic carbocycles. The summed E-state index contributed by atoms with van der Waals surface area (Å²) in [4.78, 5) is 24.6. The molecular weight excluding hydrogens is 610 g/mol. The van der Waals surface area contributed by atoms with Crippen LogP contribution in [0.1, 0.15) is 17.0 Å². The molecule has 0 bridgehead atoms. The number of nitrogens with zero attached hydrogens (tertiary/aromatic N) is 2. The average Bonchev–Trinajstić information content (AvgIpc) is 3.45. The molecule has 3 heterocycles. The molecule has 2 N–H and O–H groups in total. The SMILES string of the molecule is COc1ccc(CN2CC3c4cc(-c5ccncc5)ccc4S(=O)(=O)C3C2)cc1.O=C(O)C(F)(F)F.O=C(O)C(F)(F)F. The first-order valence-corrected chi connectivity index (χ1v) is 13.7. The number of alkyl halides is 6. The van der Waals surface area contributed by atoms with Gasteiger partial charge in [-0.2, -0.15) is 26.3 Å². The van der Waals surface area contributed by atoms with E-state index in [0.717, 1.165) is 41.1 Å². The summed E-state index contributed by atoms with van der Waals surface area (Å²) in [6.07, 6.45) is -6.65. The lowest BCUT2D eigenvalue weighted by atomic mass is 9.95. The number of ether oxygens (including phenoxy) is 1. The second-order valence-electron chi connectivity index (χ2n) is 9.33. The topological polar surface area (TPSA) is 134 Å². The van der Waals surface area contributed by atoms with Crippen LogP contribution in [0.2, 0.25) is 0 Å². The van der Waals surface area contributed by atoms with Gasteiger partial charge in [-0.05, 0) is 58.7 Å². The molecule has 2 atom stereocenters. The zero-order valence-corrected chi connectivity index (χ0v) is 22.9. The van der Waals surface area contributed by atoms with E-state index in [1.54, 1.807) is 25.6 Å². The number of pyridine rings is 1. The summed E-state index contributed by atoms with van der Waals surface area (Å²) < 4.78 is 95.0. The van der Waals surface area contributed by atoms with Crippen molar-refractivity contribution in [2.45, 2.75) is 35.0 Å². The molecule has 16 heteroatoms. The van der Waals surface area contributed by atoms with Gasteiger partial charge in [-0.15, -0.1) is 0 Å². The largest absolute Gasteiger partial charge is 0.497 e. The van der Waals surface area contributed by atoms with E-state index < -0.39 is 34.1 Å². The number of likely N-dealkylation sites (tertiary alicyclic amines) is 1. The Morgan fingerprint density at radius 1 is 0.884 bits per heavy atom. The van der Waals surface area contributed by atoms with Crippen molar-refractivity contribution < 1.29 is 59.3 Å². The quantitative estimate of drug-likeness (QED) is 0.389. The van der Waals surface area contributed by atoms with E-state index >= 15 is 0 Å². The monoisotopic (exact) mass is 634 g/mol. The predicted molar refractivity (Wildman–Crippen MR) is 139 cm³/mol. The highest BCUT2D eigenvalue weighted by molar-refractivity contribution is 7.92. The maximum atomic E-state index is 13.1. The number of methoxy groups -OCH3 is 1. The van der Waals surface area contributed by atoms with Gasteiger partial charge in [0.1, 0.15) is 5.75 Å². The molecule has 2 aliphatic rings. The van der Waals surface area contributed by atoms with E-state index in [-0.39, 0.29) is 11.2 Å². The normalized spacial score (nSPS) is 18.7. The molecule has 0 saturated carbocycles. The number of hydrogen-bond acceptors (Lipinski definition) is 7. The molecule has 0 spiro atoms. The molecule has 5 rings (SSSR count). The number of halogens is 6. The summed E-state index contributed by atoms with van der Waals surface area (Å²) >= 11 is 0. The van der Waals surface area contributed by atoms with Gasteiger partial charge in [0, 0.05) is 37.9 Å². The van der Waals surface area contributed by atoms with Crippen LogP contribution in [0.15, 0.2) is 71.9 Å². The van der Waals surface area contributed by atoms with Crippen LogP contribution in [-0.4, -0.2) is 78.3 Å². The number of hydrogen-bond donors (Lipinski definition) is 2. The molecule has 2 aliphatic heterocycles. The number of carboxylic acids is 2. The van der Waals surface area contributed by atoms with Gasteiger partial charge in [0.2, 0.25) is 0 Å². The third-order valence-corrected chi connectivity index (χ3v) is 8.78. The van der Waals surface area contributed by atoms with Crippen LogP contribution in [0.3, 0.4) is 0 Å². The van der Waals surface area contributed by atoms with Crippen LogP contribution in [0, 0.1) is 0 Å². The summed E-state index contributed by atoms with van der Waals surface area (Å²) in [5.41, 5.74) is 4.21. The maximum Gasteiger partial charge on any atom is 0.490 e. The molecule has 9 nitrogen and oxygen atoms in total. The standard InChI is InChI=1S/C23H22N2O3S.2C2HF3O2/c1-28-19-5-2-16(3-6-19)13-25-14-21-20-12-18(17-8-10-24-11-9-17)4-7-22(20)29(26,27)23(21)15-25;2*3-2(4,5)1(6)7/h2-12,21,23H,13-15H2,1H3;2*(H,6,7). The van der Waals surface area contributed by atoms with E-state index in [1.165, 1.54) is 0 Å². The van der Waals surface area contributed by atoms with Gasteiger partial charge in [0.15, 0.2) is 9.84 Å². The number of aromatic nitrogens is 1. The van der Waals surface area contributed by atoms with Gasteiger partial charge in [0.25, 0.3) is 0 Å². The van der Waals surface area contributed by atoms with Crippen LogP contribution in [0.4, 0.5) is 26.3 Å². The predicted octanol–water partition coefficient (Wildman–Crippen LogP) is 4.78. The summed E-state index contributed by atoms with van der Waals surface area (Å²) in [5, 5.41) is 13.9. The Balaban J connectivity index is 0.000000303. The summed E-state index contributed by atoms with van der Waals surface area (Å²) in [6, 6.07) is 17.6. The molecule has 1 fully saturated rings. The molecule has 0 amide bonds. The van der Waals surface area contributed by atoms with Gasteiger partial charge in [-0.25, -0.2) is 18.0 Å². The van der Waals surface area contributed by atoms with Crippen molar-refractivity contribution in [1.82, 2.24) is 9.88 Å². The Bertz CT molecular complexity index is 1520. The number of carbonyl (C=O) groups is 2. The molecule has 2 unspecified atom stereocenters. The lowest BCUT2D eigenvalue weighted by Crippen LogP contribution is -2.25. The lowest BCUT2D eigenvalue weighted by Gasteiger charge is -2.18. The molecule has 0 aliphatic carbocycles. The molecule has 43 heavy (non-hydrogen) atoms. The molecule has 1 aromatic heterocycles. The number of sulfone groups is 1. The molecule has 232 valence electrons. The summed E-state index contributed by atoms with van der Waals surface area (Å²) in [5.74, 6) is -4.66. The lowest BCUT2D eigenvalue weighted by molar-refractivity contribution is -0.193. The average molecular weight is 635 g/mol. The number of benzene rings is 2. The first-order valence-electron chi connectivity index (χ1n) is 12.2. The van der Waals surface area contributed by atoms with Crippen molar-refractivity contribution in [3.05, 3.63) is 78.1 Å². The third-order valence-electron chi connectivity index (χ3n) is 6.52. The van der Waals surface area contributed by atoms with Crippen LogP contribution in [0.5, 0.6) is 5.75 Å². The minimum Gasteiger partial charge on any atom is -0.497 e. The Hall–Kier alpha value is -4.18. The van der Waals surface area contributed by atoms with E-state index in [4.69, 9.17) is 24.5 Å². The first-order chi connectivity index (χ1) is 19.9. The second kappa shape index (κ2) is 13.0. The zero-order valence-electron chi connectivity index (χ0n) is 22.1. The van der Waals surface area contributed by atoms with E-state index in [9.17, 15) is 34.8 Å². The minimum atomic E-state index is -5.08. The smallest absolute Gasteiger partial charge is 0.490 e. The fourth-order valence-electron chi connectivity index (χ4n) is 4.57. The van der Waals surface area contributed by atoms with Gasteiger partial charge in [-0.3, -0.25) is 9.88 Å². The Morgan fingerprint density at radius 2 is 1.42 bits per heavy atom. The van der Waals surface area contributed by atoms with Crippen molar-refractivity contribution in [2.75, 3.05) is 20.2 Å². The number of aliphatic carboxylic acids is 2. The highest BCUT2D eigenvalue weighted by Crippen LogP contribution is 2.46. The minimum absolute atomic E-state index is 0.0232. The van der Waals surface area contributed by atoms with E-state index in [2.05, 4.69) is 16.0 Å². The van der Waals surface area contributed by atoms with Gasteiger partial charge < -0.3 is 14.9 Å². The number of fused-ring (bicyclic) bond motifs is 3. The van der Waals surface area contributed by atoms with E-state index in [1.807, 2.05) is 42.5 Å². The van der Waals surface area contributed by atoms with E-state index in [0.29, 0.717) is 11.4 Å². The van der Waals surface area contributed by atoms with Crippen LogP contribution < -0.4 is 4.74 Å². The Labute approximate surface area is 241 Å². The fourth-order valence-corrected chi connectivity index (χ4v) is 6.76. The van der Waals surface area contributed by atoms with Crippen molar-refractivity contribution in [2.24, 2.45) is 0 Å². The van der Waals surface area contributed by atoms with Crippen molar-refractivity contribution >= 4 is 21.8 Å². The highest BCUT2D eigenvalue weighted by Gasteiger charge is 2.50. The summed E-state index contributed by atoms with van der Waals surface area (Å²) in [6.45, 7) is 2.06. The van der Waals surface area contributed by atoms with Crippen LogP contribution in [-0.2, 0) is 26.0 Å². The third kappa shape index (κ3) is 8.22. The number of rotatable bonds is 4. The summed E-state index contributed by atoms with van der Waals surface area (Å²) in [7, 11) is -1.64. The fraction of sp³-hybridized carbons (Fsp3) is 0.296. The van der Waals surface area contributed by atoms with Crippen LogP contribution in [0.25, 0.3) is 11.1 Å². The Morgan fingerprint density at radius 3 is 1.91 bits per heavy atom. The van der Waals surface area contributed by atoms with Gasteiger partial charge >= 0.3 is 24.3 Å². The molecular formula is C27H24F6N2O7S. The second-order valence-corrected chi connectivity index (χ2v) is 11.5. The van der Waals surface area contributed by atoms with Gasteiger partial charge in [0.05, 0.1) is 17.3 Å². The van der Waals surface area contributed by atoms with Crippen molar-refractivity contribution in [1.29, 1.82) is 0 Å². The number of carboxylic acid groups (broad SMARTS) is 2. The van der Waals surface area contributed by atoms with Gasteiger partial charge in [-0.1, -0.05) is 18.2 Å². The maximum absolute atomic E-state index is 13.1. The van der Waals surface area contributed by atoms with Crippen LogP contribution >= 0.6 is 0 Å². The zero-order chi connectivity index (χ0) is 32.2. The molecule has 0 radical (unpaired) electrons. The van der Waals surface area contributed by atoms with Crippen molar-refractivity contribution in [3.63, 3.8) is 0 Å².